The van der Waals surface area contributed by atoms with E-state index in [1.54, 1.807) is 6.07 Å². The number of ketones is 1. The number of hydrazone groups is 1. The summed E-state index contributed by atoms with van der Waals surface area (Å²) in [5.74, 6) is 5.16. The Labute approximate surface area is 97.7 Å². The fourth-order valence-corrected chi connectivity index (χ4v) is 1.62. The maximum atomic E-state index is 11.6. The van der Waals surface area contributed by atoms with E-state index in [0.717, 1.165) is 5.56 Å². The minimum Gasteiger partial charge on any atom is -0.300 e. The lowest BCUT2D eigenvalue weighted by atomic mass is 10.1. The molecule has 5 nitrogen and oxygen atoms in total. The van der Waals surface area contributed by atoms with Crippen molar-refractivity contribution >= 4 is 28.8 Å². The van der Waals surface area contributed by atoms with Crippen molar-refractivity contribution in [3.05, 3.63) is 35.4 Å². The van der Waals surface area contributed by atoms with Gasteiger partial charge in [-0.2, -0.15) is 5.10 Å². The van der Waals surface area contributed by atoms with Crippen LogP contribution >= 0.6 is 12.2 Å². The highest BCUT2D eigenvalue weighted by molar-refractivity contribution is 7.80. The molecule has 0 unspecified atom stereocenters. The zero-order chi connectivity index (χ0) is 11.5. The summed E-state index contributed by atoms with van der Waals surface area (Å²) in [6.07, 6.45) is 0.291. The van der Waals surface area contributed by atoms with Crippen LogP contribution in [0.15, 0.2) is 29.4 Å². The number of nitrogens with two attached hydrogens (primary N) is 1. The number of nitrogens with one attached hydrogen (secondary N) is 2. The predicted molar refractivity (Wildman–Crippen MR) is 65.0 cm³/mol. The van der Waals surface area contributed by atoms with Crippen LogP contribution in [0.1, 0.15) is 22.3 Å². The molecule has 0 amide bonds. The monoisotopic (exact) mass is 234 g/mol. The first-order valence-corrected chi connectivity index (χ1v) is 5.09. The molecule has 0 aromatic heterocycles. The maximum Gasteiger partial charge on any atom is 0.201 e. The van der Waals surface area contributed by atoms with Gasteiger partial charge in [-0.05, 0) is 12.2 Å². The van der Waals surface area contributed by atoms with Crippen LogP contribution in [-0.4, -0.2) is 16.6 Å². The Kier molecular flexibility index (Phi) is 2.93. The van der Waals surface area contributed by atoms with Gasteiger partial charge in [-0.25, -0.2) is 5.84 Å². The van der Waals surface area contributed by atoms with Crippen molar-refractivity contribution < 1.29 is 4.79 Å². The Hall–Kier alpha value is -1.79. The summed E-state index contributed by atoms with van der Waals surface area (Å²) < 4.78 is 0. The Morgan fingerprint density at radius 1 is 1.38 bits per heavy atom. The van der Waals surface area contributed by atoms with Crippen LogP contribution in [0.25, 0.3) is 0 Å². The summed E-state index contributed by atoms with van der Waals surface area (Å²) in [6.45, 7) is 0. The zero-order valence-electron chi connectivity index (χ0n) is 8.36. The average molecular weight is 234 g/mol. The van der Waals surface area contributed by atoms with Gasteiger partial charge in [0.15, 0.2) is 5.78 Å². The Morgan fingerprint density at radius 2 is 2.06 bits per heavy atom. The molecule has 0 saturated heterocycles. The number of hydrazine groups is 1. The highest BCUT2D eigenvalue weighted by Crippen LogP contribution is 2.21. The van der Waals surface area contributed by atoms with Gasteiger partial charge in [0.25, 0.3) is 0 Å². The van der Waals surface area contributed by atoms with E-state index in [2.05, 4.69) is 16.0 Å². The molecule has 0 saturated carbocycles. The van der Waals surface area contributed by atoms with E-state index in [1.807, 2.05) is 18.2 Å². The van der Waals surface area contributed by atoms with E-state index in [9.17, 15) is 4.79 Å². The van der Waals surface area contributed by atoms with Gasteiger partial charge in [0.1, 0.15) is 0 Å². The lowest BCUT2D eigenvalue weighted by molar-refractivity contribution is 0.101. The maximum absolute atomic E-state index is 11.6. The molecule has 16 heavy (non-hydrogen) atoms. The minimum absolute atomic E-state index is 0.0720. The lowest BCUT2D eigenvalue weighted by Crippen LogP contribution is -2.37. The van der Waals surface area contributed by atoms with Gasteiger partial charge in [0, 0.05) is 11.1 Å². The number of hydrogen-bond donors (Lipinski definition) is 3. The molecule has 0 spiro atoms. The highest BCUT2D eigenvalue weighted by Gasteiger charge is 2.24. The van der Waals surface area contributed by atoms with Gasteiger partial charge >= 0.3 is 0 Å². The molecule has 6 heteroatoms. The number of hydrogen-bond acceptors (Lipinski definition) is 4. The number of rotatable bonds is 1. The van der Waals surface area contributed by atoms with Crippen LogP contribution in [0.4, 0.5) is 0 Å². The number of fused-ring (bicyclic) bond motifs is 1. The molecule has 1 aliphatic rings. The van der Waals surface area contributed by atoms with Crippen LogP contribution in [0.3, 0.4) is 0 Å². The quantitative estimate of drug-likeness (QED) is 0.370. The third-order valence-electron chi connectivity index (χ3n) is 2.29. The van der Waals surface area contributed by atoms with Gasteiger partial charge in [-0.15, -0.1) is 0 Å². The van der Waals surface area contributed by atoms with Crippen molar-refractivity contribution in [3.8, 4) is 0 Å². The van der Waals surface area contributed by atoms with Crippen molar-refractivity contribution in [1.29, 1.82) is 0 Å². The van der Waals surface area contributed by atoms with Crippen LogP contribution < -0.4 is 16.7 Å². The summed E-state index contributed by atoms with van der Waals surface area (Å²) in [6, 6.07) is 7.35. The summed E-state index contributed by atoms with van der Waals surface area (Å²) in [5, 5.41) is 4.26. The van der Waals surface area contributed by atoms with Crippen molar-refractivity contribution in [2.75, 3.05) is 0 Å². The van der Waals surface area contributed by atoms with E-state index < -0.39 is 0 Å². The molecule has 0 aliphatic heterocycles. The molecular formula is C10H10N4OS. The van der Waals surface area contributed by atoms with Gasteiger partial charge in [0.2, 0.25) is 5.11 Å². The third-order valence-corrected chi connectivity index (χ3v) is 2.50. The first-order valence-electron chi connectivity index (χ1n) is 4.68. The van der Waals surface area contributed by atoms with E-state index in [-0.39, 0.29) is 10.9 Å². The molecule has 82 valence electrons. The normalized spacial score (nSPS) is 16.1. The second-order valence-electron chi connectivity index (χ2n) is 3.29. The molecule has 0 fully saturated rings. The van der Waals surface area contributed by atoms with E-state index in [1.165, 1.54) is 0 Å². The van der Waals surface area contributed by atoms with Gasteiger partial charge in [0.05, 0.1) is 12.1 Å². The molecule has 2 rings (SSSR count). The first-order chi connectivity index (χ1) is 7.72. The largest absolute Gasteiger partial charge is 0.300 e. The summed E-state index contributed by atoms with van der Waals surface area (Å²) >= 11 is 4.78. The minimum atomic E-state index is 0.0720. The molecule has 1 aromatic carbocycles. The van der Waals surface area contributed by atoms with E-state index >= 15 is 0 Å². The molecule has 1 aromatic rings. The number of thiocarbonyl (C=S) groups is 1. The molecule has 0 radical (unpaired) electrons. The molecule has 1 aliphatic carbocycles. The molecule has 0 heterocycles. The number of benzene rings is 1. The second-order valence-corrected chi connectivity index (χ2v) is 3.70. The Bertz CT molecular complexity index is 483. The molecule has 0 atom stereocenters. The average Bonchev–Trinajstić information content (AvgIpc) is 2.64. The smallest absolute Gasteiger partial charge is 0.201 e. The summed E-state index contributed by atoms with van der Waals surface area (Å²) in [5.41, 5.74) is 7.05. The van der Waals surface area contributed by atoms with Crippen LogP contribution in [0, 0.1) is 0 Å². The SMILES string of the molecule is NNC(=S)N/N=C1/CC(=O)c2ccccc21. The van der Waals surface area contributed by atoms with E-state index in [0.29, 0.717) is 17.7 Å². The molecule has 4 N–H and O–H groups in total. The van der Waals surface area contributed by atoms with Crippen LogP contribution in [0.5, 0.6) is 0 Å². The number of carbonyl (C=O) groups is 1. The summed E-state index contributed by atoms with van der Waals surface area (Å²) in [4.78, 5) is 11.6. The number of nitrogens with zero attached hydrogens (tertiary/aromatic N) is 1. The zero-order valence-corrected chi connectivity index (χ0v) is 9.17. The second kappa shape index (κ2) is 4.38. The van der Waals surface area contributed by atoms with Crippen molar-refractivity contribution in [2.45, 2.75) is 6.42 Å². The third kappa shape index (κ3) is 1.93. The fourth-order valence-electron chi connectivity index (χ4n) is 1.57. The van der Waals surface area contributed by atoms with Crippen molar-refractivity contribution in [2.24, 2.45) is 10.9 Å². The molecule has 0 bridgehead atoms. The Morgan fingerprint density at radius 3 is 2.75 bits per heavy atom. The van der Waals surface area contributed by atoms with Crippen LogP contribution in [0.2, 0.25) is 0 Å². The van der Waals surface area contributed by atoms with Gasteiger partial charge < -0.3 is 0 Å². The lowest BCUT2D eigenvalue weighted by Gasteiger charge is -2.02. The molecular weight excluding hydrogens is 224 g/mol. The Balaban J connectivity index is 2.27. The van der Waals surface area contributed by atoms with Crippen molar-refractivity contribution in [1.82, 2.24) is 10.9 Å². The first kappa shape index (κ1) is 10.7. The topological polar surface area (TPSA) is 79.5 Å². The fraction of sp³-hybridized carbons (Fsp3) is 0.100. The van der Waals surface area contributed by atoms with Gasteiger partial charge in [-0.3, -0.25) is 15.6 Å². The standard InChI is InChI=1S/C10H10N4OS/c11-12-10(16)14-13-8-5-9(15)7-4-2-1-3-6(7)8/h1-4H,5,11H2,(H2,12,14,16)/b13-8-. The summed E-state index contributed by atoms with van der Waals surface area (Å²) in [7, 11) is 0. The highest BCUT2D eigenvalue weighted by atomic mass is 32.1. The predicted octanol–water partition coefficient (Wildman–Crippen LogP) is 0.315. The van der Waals surface area contributed by atoms with E-state index in [4.69, 9.17) is 18.1 Å². The van der Waals surface area contributed by atoms with Crippen molar-refractivity contribution in [3.63, 3.8) is 0 Å². The number of carbonyl (C=O) groups excluding carboxylic acids is 1. The number of Topliss-reactive ketones (excluding diaryl/α,β-unsaturated/α-hetero) is 1. The van der Waals surface area contributed by atoms with Gasteiger partial charge in [-0.1, -0.05) is 24.3 Å². The van der Waals surface area contributed by atoms with Crippen LogP contribution in [-0.2, 0) is 0 Å².